The molecule has 0 saturated heterocycles. The molecule has 4 rings (SSSR count). The van der Waals surface area contributed by atoms with Crippen LogP contribution in [-0.4, -0.2) is 39.6 Å². The molecule has 1 unspecified atom stereocenters. The highest BCUT2D eigenvalue weighted by Crippen LogP contribution is 2.37. The van der Waals surface area contributed by atoms with Crippen LogP contribution in [0.3, 0.4) is 0 Å². The summed E-state index contributed by atoms with van der Waals surface area (Å²) >= 11 is 0. The number of aliphatic carboxylic acids is 1. The van der Waals surface area contributed by atoms with Crippen molar-refractivity contribution in [3.8, 4) is 16.9 Å². The fourth-order valence-electron chi connectivity index (χ4n) is 4.13. The minimum absolute atomic E-state index is 0.00428. The van der Waals surface area contributed by atoms with Gasteiger partial charge in [-0.2, -0.15) is 0 Å². The van der Waals surface area contributed by atoms with Crippen LogP contribution in [0.25, 0.3) is 11.1 Å². The van der Waals surface area contributed by atoms with Gasteiger partial charge in [-0.05, 0) is 61.4 Å². The van der Waals surface area contributed by atoms with Crippen LogP contribution in [0.15, 0.2) is 78.9 Å². The molecule has 1 atom stereocenters. The van der Waals surface area contributed by atoms with Gasteiger partial charge in [-0.1, -0.05) is 60.7 Å². The van der Waals surface area contributed by atoms with Crippen molar-refractivity contribution in [1.29, 1.82) is 0 Å². The van der Waals surface area contributed by atoms with Gasteiger partial charge in [-0.3, -0.25) is 9.59 Å². The third-order valence-corrected chi connectivity index (χ3v) is 6.17. The van der Waals surface area contributed by atoms with Crippen LogP contribution in [0, 0.1) is 0 Å². The molecule has 1 aliphatic carbocycles. The normalized spacial score (nSPS) is 13.7. The highest BCUT2D eigenvalue weighted by atomic mass is 16.5. The Balaban J connectivity index is 1.45. The number of benzene rings is 3. The van der Waals surface area contributed by atoms with Gasteiger partial charge in [0.1, 0.15) is 5.75 Å². The number of rotatable bonds is 12. The summed E-state index contributed by atoms with van der Waals surface area (Å²) in [7, 11) is 0. The molecule has 182 valence electrons. The number of nitrogens with zero attached hydrogens (tertiary/aromatic N) is 1. The maximum absolute atomic E-state index is 13.5. The van der Waals surface area contributed by atoms with Crippen molar-refractivity contribution < 1.29 is 24.5 Å². The molecule has 0 spiro atoms. The molecule has 1 saturated carbocycles. The number of unbranched alkanes of at least 4 members (excludes halogenated alkanes) is 2. The summed E-state index contributed by atoms with van der Waals surface area (Å²) in [4.78, 5) is 25.7. The quantitative estimate of drug-likeness (QED) is 0.261. The standard InChI is InChI=1S/C29H31NO5/c31-27(32)13-5-2-8-20-35-26-12-7-6-11-25(26)29(34)30(24-18-19-24)28(33)23-16-14-22(15-17-23)21-9-3-1-4-10-21/h1,3-4,6-7,9-12,14-17,24,29,34H,2,5,8,13,18-20H2,(H,31,32). The molecule has 0 aliphatic heterocycles. The highest BCUT2D eigenvalue weighted by molar-refractivity contribution is 5.95. The maximum atomic E-state index is 13.5. The van der Waals surface area contributed by atoms with Gasteiger partial charge in [0.05, 0.1) is 6.61 Å². The van der Waals surface area contributed by atoms with Crippen molar-refractivity contribution in [3.63, 3.8) is 0 Å². The van der Waals surface area contributed by atoms with Crippen LogP contribution in [-0.2, 0) is 4.79 Å². The lowest BCUT2D eigenvalue weighted by Gasteiger charge is -2.29. The first-order chi connectivity index (χ1) is 17.0. The molecule has 0 heterocycles. The zero-order chi connectivity index (χ0) is 24.6. The van der Waals surface area contributed by atoms with E-state index < -0.39 is 12.2 Å². The average molecular weight is 474 g/mol. The number of amides is 1. The number of aliphatic hydroxyl groups is 1. The zero-order valence-electron chi connectivity index (χ0n) is 19.7. The molecule has 35 heavy (non-hydrogen) atoms. The smallest absolute Gasteiger partial charge is 0.303 e. The fraction of sp³-hybridized carbons (Fsp3) is 0.310. The number of carboxylic acid groups (broad SMARTS) is 1. The van der Waals surface area contributed by atoms with Crippen molar-refractivity contribution in [2.75, 3.05) is 6.61 Å². The van der Waals surface area contributed by atoms with Crippen molar-refractivity contribution in [1.82, 2.24) is 4.90 Å². The topological polar surface area (TPSA) is 87.1 Å². The minimum Gasteiger partial charge on any atom is -0.493 e. The molecule has 0 bridgehead atoms. The molecule has 3 aromatic rings. The third-order valence-electron chi connectivity index (χ3n) is 6.17. The summed E-state index contributed by atoms with van der Waals surface area (Å²) in [6.45, 7) is 0.418. The van der Waals surface area contributed by atoms with Gasteiger partial charge >= 0.3 is 5.97 Å². The Labute approximate surface area is 205 Å². The van der Waals surface area contributed by atoms with Crippen LogP contribution < -0.4 is 4.74 Å². The van der Waals surface area contributed by atoms with Crippen molar-refractivity contribution in [2.45, 2.75) is 50.8 Å². The first-order valence-corrected chi connectivity index (χ1v) is 12.1. The predicted octanol–water partition coefficient (Wildman–Crippen LogP) is 5.67. The largest absolute Gasteiger partial charge is 0.493 e. The number of aliphatic hydroxyl groups excluding tert-OH is 1. The summed E-state index contributed by atoms with van der Waals surface area (Å²) in [6, 6.07) is 24.7. The second-order valence-electron chi connectivity index (χ2n) is 8.85. The molecule has 3 aromatic carbocycles. The molecular formula is C29H31NO5. The zero-order valence-corrected chi connectivity index (χ0v) is 19.7. The lowest BCUT2D eigenvalue weighted by Crippen LogP contribution is -2.37. The first-order valence-electron chi connectivity index (χ1n) is 12.1. The number of hydrogen-bond acceptors (Lipinski definition) is 4. The van der Waals surface area contributed by atoms with E-state index in [1.165, 1.54) is 0 Å². The van der Waals surface area contributed by atoms with Gasteiger partial charge in [-0.15, -0.1) is 0 Å². The maximum Gasteiger partial charge on any atom is 0.303 e. The van der Waals surface area contributed by atoms with E-state index in [2.05, 4.69) is 0 Å². The Morgan fingerprint density at radius 3 is 2.20 bits per heavy atom. The van der Waals surface area contributed by atoms with Gasteiger partial charge in [0.25, 0.3) is 5.91 Å². The van der Waals surface area contributed by atoms with E-state index in [4.69, 9.17) is 9.84 Å². The van der Waals surface area contributed by atoms with E-state index in [0.29, 0.717) is 29.9 Å². The van der Waals surface area contributed by atoms with E-state index >= 15 is 0 Å². The number of para-hydroxylation sites is 1. The Bertz CT molecular complexity index is 1130. The molecule has 6 nitrogen and oxygen atoms in total. The summed E-state index contributed by atoms with van der Waals surface area (Å²) < 4.78 is 5.92. The van der Waals surface area contributed by atoms with E-state index in [1.807, 2.05) is 66.7 Å². The average Bonchev–Trinajstić information content (AvgIpc) is 3.72. The fourth-order valence-corrected chi connectivity index (χ4v) is 4.13. The van der Waals surface area contributed by atoms with E-state index in [9.17, 15) is 14.7 Å². The number of hydrogen-bond donors (Lipinski definition) is 2. The molecule has 2 N–H and O–H groups in total. The number of carbonyl (C=O) groups excluding carboxylic acids is 1. The van der Waals surface area contributed by atoms with Crippen LogP contribution in [0.2, 0.25) is 0 Å². The van der Waals surface area contributed by atoms with E-state index in [0.717, 1.165) is 36.8 Å². The summed E-state index contributed by atoms with van der Waals surface area (Å²) in [6.07, 6.45) is 2.83. The van der Waals surface area contributed by atoms with E-state index in [1.54, 1.807) is 17.0 Å². The van der Waals surface area contributed by atoms with Gasteiger partial charge < -0.3 is 19.8 Å². The highest BCUT2D eigenvalue weighted by Gasteiger charge is 2.38. The van der Waals surface area contributed by atoms with Gasteiger partial charge in [0.2, 0.25) is 0 Å². The number of ether oxygens (including phenoxy) is 1. The van der Waals surface area contributed by atoms with Crippen LogP contribution in [0.1, 0.15) is 60.7 Å². The molecule has 0 radical (unpaired) electrons. The summed E-state index contributed by atoms with van der Waals surface area (Å²) in [5, 5.41) is 20.0. The summed E-state index contributed by atoms with van der Waals surface area (Å²) in [5.74, 6) is -0.460. The van der Waals surface area contributed by atoms with Crippen molar-refractivity contribution >= 4 is 11.9 Å². The Kier molecular flexibility index (Phi) is 8.16. The molecule has 1 fully saturated rings. The van der Waals surface area contributed by atoms with Gasteiger partial charge in [0, 0.05) is 23.6 Å². The molecule has 0 aromatic heterocycles. The van der Waals surface area contributed by atoms with E-state index in [-0.39, 0.29) is 18.4 Å². The SMILES string of the molecule is O=C(O)CCCCCOc1ccccc1C(O)N(C(=O)c1ccc(-c2ccccc2)cc1)C1CC1. The second kappa shape index (κ2) is 11.7. The monoisotopic (exact) mass is 473 g/mol. The number of carboxylic acids is 1. The summed E-state index contributed by atoms with van der Waals surface area (Å²) in [5.41, 5.74) is 3.20. The number of carbonyl (C=O) groups is 2. The van der Waals surface area contributed by atoms with Crippen LogP contribution in [0.4, 0.5) is 0 Å². The molecule has 6 heteroatoms. The van der Waals surface area contributed by atoms with Crippen molar-refractivity contribution in [3.05, 3.63) is 90.0 Å². The lowest BCUT2D eigenvalue weighted by molar-refractivity contribution is -0.137. The van der Waals surface area contributed by atoms with Crippen LogP contribution in [0.5, 0.6) is 5.75 Å². The first kappa shape index (κ1) is 24.5. The van der Waals surface area contributed by atoms with Gasteiger partial charge in [0.15, 0.2) is 6.23 Å². The molecule has 1 aliphatic rings. The Hall–Kier alpha value is -3.64. The third kappa shape index (κ3) is 6.49. The molecular weight excluding hydrogens is 442 g/mol. The minimum atomic E-state index is -1.12. The van der Waals surface area contributed by atoms with Crippen molar-refractivity contribution in [2.24, 2.45) is 0 Å². The Morgan fingerprint density at radius 2 is 1.51 bits per heavy atom. The lowest BCUT2D eigenvalue weighted by atomic mass is 10.0. The predicted molar refractivity (Wildman–Crippen MR) is 134 cm³/mol. The molecule has 1 amide bonds. The van der Waals surface area contributed by atoms with Gasteiger partial charge in [-0.25, -0.2) is 0 Å². The Morgan fingerprint density at radius 1 is 0.857 bits per heavy atom. The van der Waals surface area contributed by atoms with Crippen LogP contribution >= 0.6 is 0 Å². The second-order valence-corrected chi connectivity index (χ2v) is 8.85.